The zero-order valence-electron chi connectivity index (χ0n) is 11.3. The molecule has 0 aliphatic carbocycles. The summed E-state index contributed by atoms with van der Waals surface area (Å²) in [5.74, 6) is 0.160. The molecule has 1 saturated heterocycles. The molecule has 2 rings (SSSR count). The number of hydrogen-bond donors (Lipinski definition) is 2. The van der Waals surface area contributed by atoms with Crippen LogP contribution in [0.3, 0.4) is 0 Å². The topological polar surface area (TPSA) is 76.7 Å². The fraction of sp³-hybridized carbons (Fsp3) is 0.429. The van der Waals surface area contributed by atoms with Gasteiger partial charge in [-0.05, 0) is 30.5 Å². The lowest BCUT2D eigenvalue weighted by molar-refractivity contribution is -0.134. The van der Waals surface area contributed by atoms with Crippen LogP contribution in [0.1, 0.15) is 18.4 Å². The Morgan fingerprint density at radius 2 is 2.05 bits per heavy atom. The molecule has 1 unspecified atom stereocenters. The highest BCUT2D eigenvalue weighted by atomic mass is 16.5. The first kappa shape index (κ1) is 14.3. The first-order valence-electron chi connectivity index (χ1n) is 6.52. The Hall–Kier alpha value is -2.08. The summed E-state index contributed by atoms with van der Waals surface area (Å²) >= 11 is 0. The van der Waals surface area contributed by atoms with Crippen LogP contribution in [0.15, 0.2) is 24.3 Å². The van der Waals surface area contributed by atoms with Crippen LogP contribution in [0.25, 0.3) is 0 Å². The summed E-state index contributed by atoms with van der Waals surface area (Å²) in [6.07, 6.45) is 1.31. The van der Waals surface area contributed by atoms with Crippen LogP contribution in [0.4, 0.5) is 0 Å². The lowest BCUT2D eigenvalue weighted by Crippen LogP contribution is -2.46. The molecular weight excluding hydrogens is 260 g/mol. The second kappa shape index (κ2) is 6.91. The second-order valence-electron chi connectivity index (χ2n) is 4.56. The SMILES string of the molecule is COc1ccc(CC(=O)NNC(=O)C2CCCO2)cc1. The summed E-state index contributed by atoms with van der Waals surface area (Å²) < 4.78 is 10.3. The molecule has 20 heavy (non-hydrogen) atoms. The number of carbonyl (C=O) groups excluding carboxylic acids is 2. The number of ether oxygens (including phenoxy) is 2. The van der Waals surface area contributed by atoms with Crippen molar-refractivity contribution in [2.45, 2.75) is 25.4 Å². The van der Waals surface area contributed by atoms with E-state index in [1.54, 1.807) is 31.4 Å². The monoisotopic (exact) mass is 278 g/mol. The van der Waals surface area contributed by atoms with Crippen molar-refractivity contribution in [3.05, 3.63) is 29.8 Å². The summed E-state index contributed by atoms with van der Waals surface area (Å²) in [7, 11) is 1.59. The van der Waals surface area contributed by atoms with Crippen molar-refractivity contribution in [1.29, 1.82) is 0 Å². The molecule has 2 N–H and O–H groups in total. The molecule has 6 nitrogen and oxygen atoms in total. The van der Waals surface area contributed by atoms with Crippen molar-refractivity contribution in [3.8, 4) is 5.75 Å². The number of carbonyl (C=O) groups is 2. The molecule has 1 aromatic rings. The molecular formula is C14H18N2O4. The predicted octanol–water partition coefficient (Wildman–Crippen LogP) is 0.564. The zero-order valence-corrected chi connectivity index (χ0v) is 11.3. The van der Waals surface area contributed by atoms with E-state index in [9.17, 15) is 9.59 Å². The van der Waals surface area contributed by atoms with Crippen LogP contribution in [0.5, 0.6) is 5.75 Å². The van der Waals surface area contributed by atoms with E-state index >= 15 is 0 Å². The number of amides is 2. The first-order chi connectivity index (χ1) is 9.69. The molecule has 0 radical (unpaired) electrons. The van der Waals surface area contributed by atoms with Crippen LogP contribution in [-0.2, 0) is 20.7 Å². The first-order valence-corrected chi connectivity index (χ1v) is 6.52. The predicted molar refractivity (Wildman–Crippen MR) is 72.0 cm³/mol. The van der Waals surface area contributed by atoms with E-state index in [2.05, 4.69) is 10.9 Å². The summed E-state index contributed by atoms with van der Waals surface area (Å²) in [6.45, 7) is 0.595. The summed E-state index contributed by atoms with van der Waals surface area (Å²) in [4.78, 5) is 23.3. The van der Waals surface area contributed by atoms with Crippen LogP contribution >= 0.6 is 0 Å². The van der Waals surface area contributed by atoms with Gasteiger partial charge >= 0.3 is 0 Å². The highest BCUT2D eigenvalue weighted by Gasteiger charge is 2.23. The zero-order chi connectivity index (χ0) is 14.4. The van der Waals surface area contributed by atoms with Crippen LogP contribution in [0.2, 0.25) is 0 Å². The molecule has 0 spiro atoms. The van der Waals surface area contributed by atoms with E-state index in [1.807, 2.05) is 0 Å². The van der Waals surface area contributed by atoms with Gasteiger partial charge in [0.2, 0.25) is 5.91 Å². The van der Waals surface area contributed by atoms with Gasteiger partial charge in [0.05, 0.1) is 13.5 Å². The molecule has 0 saturated carbocycles. The Balaban J connectivity index is 1.75. The Kier molecular flexibility index (Phi) is 4.95. The largest absolute Gasteiger partial charge is 0.497 e. The Labute approximate surface area is 117 Å². The molecule has 108 valence electrons. The van der Waals surface area contributed by atoms with E-state index in [1.165, 1.54) is 0 Å². The van der Waals surface area contributed by atoms with E-state index in [0.717, 1.165) is 17.7 Å². The van der Waals surface area contributed by atoms with E-state index in [4.69, 9.17) is 9.47 Å². The molecule has 0 bridgehead atoms. The maximum Gasteiger partial charge on any atom is 0.267 e. The Morgan fingerprint density at radius 3 is 2.65 bits per heavy atom. The minimum Gasteiger partial charge on any atom is -0.497 e. The highest BCUT2D eigenvalue weighted by molar-refractivity contribution is 5.85. The fourth-order valence-electron chi connectivity index (χ4n) is 1.97. The second-order valence-corrected chi connectivity index (χ2v) is 4.56. The summed E-state index contributed by atoms with van der Waals surface area (Å²) in [5, 5.41) is 0. The van der Waals surface area contributed by atoms with Crippen molar-refractivity contribution >= 4 is 11.8 Å². The smallest absolute Gasteiger partial charge is 0.267 e. The number of rotatable bonds is 4. The van der Waals surface area contributed by atoms with Gasteiger partial charge in [-0.25, -0.2) is 0 Å². The quantitative estimate of drug-likeness (QED) is 0.789. The number of hydrogen-bond acceptors (Lipinski definition) is 4. The summed E-state index contributed by atoms with van der Waals surface area (Å²) in [6, 6.07) is 7.18. The third-order valence-corrected chi connectivity index (χ3v) is 3.07. The van der Waals surface area contributed by atoms with E-state index < -0.39 is 6.10 Å². The van der Waals surface area contributed by atoms with Crippen LogP contribution < -0.4 is 15.6 Å². The Morgan fingerprint density at radius 1 is 1.30 bits per heavy atom. The van der Waals surface area contributed by atoms with Crippen molar-refractivity contribution in [2.75, 3.05) is 13.7 Å². The van der Waals surface area contributed by atoms with Gasteiger partial charge in [0.25, 0.3) is 5.91 Å². The van der Waals surface area contributed by atoms with Crippen molar-refractivity contribution in [3.63, 3.8) is 0 Å². The minimum atomic E-state index is -0.448. The lowest BCUT2D eigenvalue weighted by Gasteiger charge is -2.11. The van der Waals surface area contributed by atoms with Gasteiger partial charge in [0.15, 0.2) is 0 Å². The fourth-order valence-corrected chi connectivity index (χ4v) is 1.97. The maximum absolute atomic E-state index is 11.7. The third kappa shape index (κ3) is 3.96. The molecule has 1 atom stereocenters. The minimum absolute atomic E-state index is 0.190. The van der Waals surface area contributed by atoms with Gasteiger partial charge < -0.3 is 9.47 Å². The van der Waals surface area contributed by atoms with Crippen molar-refractivity contribution < 1.29 is 19.1 Å². The van der Waals surface area contributed by atoms with Crippen LogP contribution in [-0.4, -0.2) is 31.6 Å². The lowest BCUT2D eigenvalue weighted by atomic mass is 10.1. The van der Waals surface area contributed by atoms with Gasteiger partial charge in [-0.15, -0.1) is 0 Å². The molecule has 1 fully saturated rings. The van der Waals surface area contributed by atoms with Gasteiger partial charge in [-0.2, -0.15) is 0 Å². The average Bonchev–Trinajstić information content (AvgIpc) is 3.00. The molecule has 1 aliphatic heterocycles. The molecule has 1 heterocycles. The van der Waals surface area contributed by atoms with E-state index in [0.29, 0.717) is 13.0 Å². The number of hydrazine groups is 1. The van der Waals surface area contributed by atoms with Gasteiger partial charge in [0, 0.05) is 6.61 Å². The molecule has 0 aromatic heterocycles. The Bertz CT molecular complexity index is 467. The van der Waals surface area contributed by atoms with Gasteiger partial charge in [-0.3, -0.25) is 20.4 Å². The van der Waals surface area contributed by atoms with Crippen molar-refractivity contribution in [1.82, 2.24) is 10.9 Å². The van der Waals surface area contributed by atoms with E-state index in [-0.39, 0.29) is 18.2 Å². The average molecular weight is 278 g/mol. The van der Waals surface area contributed by atoms with Gasteiger partial charge in [-0.1, -0.05) is 12.1 Å². The maximum atomic E-state index is 11.7. The number of methoxy groups -OCH3 is 1. The molecule has 2 amide bonds. The standard InChI is InChI=1S/C14H18N2O4/c1-19-11-6-4-10(5-7-11)9-13(17)15-16-14(18)12-3-2-8-20-12/h4-7,12H,2-3,8-9H2,1H3,(H,15,17)(H,16,18). The van der Waals surface area contributed by atoms with Gasteiger partial charge in [0.1, 0.15) is 11.9 Å². The van der Waals surface area contributed by atoms with Crippen LogP contribution in [0, 0.1) is 0 Å². The molecule has 6 heteroatoms. The molecule has 1 aliphatic rings. The van der Waals surface area contributed by atoms with Crippen molar-refractivity contribution in [2.24, 2.45) is 0 Å². The third-order valence-electron chi connectivity index (χ3n) is 3.07. The number of nitrogens with one attached hydrogen (secondary N) is 2. The normalized spacial score (nSPS) is 17.6. The summed E-state index contributed by atoms with van der Waals surface area (Å²) in [5.41, 5.74) is 5.61. The number of benzene rings is 1. The highest BCUT2D eigenvalue weighted by Crippen LogP contribution is 2.12. The molecule has 1 aromatic carbocycles.